The number of nitrogens with zero attached hydrogens (tertiary/aromatic N) is 2. The highest BCUT2D eigenvalue weighted by Gasteiger charge is 2.15. The molecule has 2 rings (SSSR count). The van der Waals surface area contributed by atoms with E-state index in [-0.39, 0.29) is 16.7 Å². The Balaban J connectivity index is 2.80. The molecule has 0 fully saturated rings. The SMILES string of the molecule is O=C(O)Cn1c(=O)oc2ccc([N+](=O)[O-])cc2c1=O. The molecule has 98 valence electrons. The van der Waals surface area contributed by atoms with Gasteiger partial charge in [-0.05, 0) is 6.07 Å². The molecule has 0 radical (unpaired) electrons. The molecule has 0 spiro atoms. The molecular weight excluding hydrogens is 260 g/mol. The average Bonchev–Trinajstić information content (AvgIpc) is 2.33. The van der Waals surface area contributed by atoms with Crippen molar-refractivity contribution in [2.24, 2.45) is 0 Å². The average molecular weight is 266 g/mol. The van der Waals surface area contributed by atoms with E-state index in [1.807, 2.05) is 0 Å². The number of hydrogen-bond donors (Lipinski definition) is 1. The van der Waals surface area contributed by atoms with Gasteiger partial charge in [-0.2, -0.15) is 0 Å². The van der Waals surface area contributed by atoms with Crippen LogP contribution < -0.4 is 11.3 Å². The molecule has 0 saturated heterocycles. The van der Waals surface area contributed by atoms with Crippen LogP contribution in [0, 0.1) is 10.1 Å². The van der Waals surface area contributed by atoms with Gasteiger partial charge in [-0.15, -0.1) is 0 Å². The van der Waals surface area contributed by atoms with Crippen molar-refractivity contribution in [3.05, 3.63) is 49.2 Å². The predicted molar refractivity (Wildman–Crippen MR) is 61.0 cm³/mol. The molecule has 0 aliphatic rings. The third-order valence-corrected chi connectivity index (χ3v) is 2.36. The molecule has 0 amide bonds. The lowest BCUT2D eigenvalue weighted by atomic mass is 10.2. The van der Waals surface area contributed by atoms with Gasteiger partial charge in [0.05, 0.1) is 10.3 Å². The zero-order valence-electron chi connectivity index (χ0n) is 9.23. The lowest BCUT2D eigenvalue weighted by Crippen LogP contribution is -2.35. The van der Waals surface area contributed by atoms with E-state index in [1.54, 1.807) is 0 Å². The van der Waals surface area contributed by atoms with Crippen LogP contribution in [0.4, 0.5) is 5.69 Å². The van der Waals surface area contributed by atoms with Gasteiger partial charge in [0.2, 0.25) is 0 Å². The number of carbonyl (C=O) groups is 1. The predicted octanol–water partition coefficient (Wildman–Crippen LogP) is -0.0525. The summed E-state index contributed by atoms with van der Waals surface area (Å²) in [6.07, 6.45) is 0. The second-order valence-electron chi connectivity index (χ2n) is 3.59. The topological polar surface area (TPSA) is 133 Å². The van der Waals surface area contributed by atoms with Crippen molar-refractivity contribution >= 4 is 22.6 Å². The van der Waals surface area contributed by atoms with Crippen molar-refractivity contribution in [3.63, 3.8) is 0 Å². The van der Waals surface area contributed by atoms with Crippen molar-refractivity contribution in [1.29, 1.82) is 0 Å². The van der Waals surface area contributed by atoms with Gasteiger partial charge in [0.25, 0.3) is 11.2 Å². The van der Waals surface area contributed by atoms with Crippen LogP contribution in [0.15, 0.2) is 32.2 Å². The van der Waals surface area contributed by atoms with Crippen LogP contribution >= 0.6 is 0 Å². The highest BCUT2D eigenvalue weighted by molar-refractivity contribution is 5.78. The second kappa shape index (κ2) is 4.37. The van der Waals surface area contributed by atoms with Gasteiger partial charge in [0.15, 0.2) is 0 Å². The number of rotatable bonds is 3. The number of aromatic nitrogens is 1. The van der Waals surface area contributed by atoms with Crippen LogP contribution in [0.25, 0.3) is 11.0 Å². The molecule has 1 heterocycles. The van der Waals surface area contributed by atoms with Crippen LogP contribution in [-0.4, -0.2) is 20.6 Å². The molecule has 9 nitrogen and oxygen atoms in total. The van der Waals surface area contributed by atoms with Crippen LogP contribution in [0.3, 0.4) is 0 Å². The van der Waals surface area contributed by atoms with Crippen molar-refractivity contribution in [3.8, 4) is 0 Å². The van der Waals surface area contributed by atoms with Gasteiger partial charge in [-0.1, -0.05) is 0 Å². The van der Waals surface area contributed by atoms with Crippen molar-refractivity contribution in [1.82, 2.24) is 4.57 Å². The Morgan fingerprint density at radius 2 is 2.11 bits per heavy atom. The minimum Gasteiger partial charge on any atom is -0.480 e. The number of nitro groups is 1. The van der Waals surface area contributed by atoms with Crippen molar-refractivity contribution in [2.45, 2.75) is 6.54 Å². The normalized spacial score (nSPS) is 10.5. The lowest BCUT2D eigenvalue weighted by molar-refractivity contribution is -0.384. The molecule has 2 aromatic rings. The Kier molecular flexibility index (Phi) is 2.87. The Hall–Kier alpha value is -2.97. The molecule has 0 aliphatic heterocycles. The summed E-state index contributed by atoms with van der Waals surface area (Å²) in [5.41, 5.74) is -1.44. The zero-order chi connectivity index (χ0) is 14.2. The molecule has 9 heteroatoms. The van der Waals surface area contributed by atoms with Crippen LogP contribution in [0.1, 0.15) is 0 Å². The lowest BCUT2D eigenvalue weighted by Gasteiger charge is -2.01. The number of aliphatic carboxylic acids is 1. The first-order chi connectivity index (χ1) is 8.90. The van der Waals surface area contributed by atoms with E-state index >= 15 is 0 Å². The number of nitro benzene ring substituents is 1. The van der Waals surface area contributed by atoms with Crippen LogP contribution in [0.5, 0.6) is 0 Å². The Labute approximate surface area is 103 Å². The van der Waals surface area contributed by atoms with Gasteiger partial charge in [0, 0.05) is 12.1 Å². The molecule has 0 unspecified atom stereocenters. The Bertz CT molecular complexity index is 802. The van der Waals surface area contributed by atoms with E-state index in [2.05, 4.69) is 0 Å². The van der Waals surface area contributed by atoms with Gasteiger partial charge >= 0.3 is 11.7 Å². The first-order valence-corrected chi connectivity index (χ1v) is 4.94. The fourth-order valence-electron chi connectivity index (χ4n) is 1.54. The first kappa shape index (κ1) is 12.5. The van der Waals surface area contributed by atoms with Crippen LogP contribution in [-0.2, 0) is 11.3 Å². The van der Waals surface area contributed by atoms with Gasteiger partial charge in [-0.25, -0.2) is 9.36 Å². The fraction of sp³-hybridized carbons (Fsp3) is 0.100. The second-order valence-corrected chi connectivity index (χ2v) is 3.59. The number of carboxylic acid groups (broad SMARTS) is 1. The summed E-state index contributed by atoms with van der Waals surface area (Å²) in [4.78, 5) is 43.7. The third-order valence-electron chi connectivity index (χ3n) is 2.36. The molecule has 1 aromatic heterocycles. The van der Waals surface area contributed by atoms with Crippen LogP contribution in [0.2, 0.25) is 0 Å². The van der Waals surface area contributed by atoms with Crippen molar-refractivity contribution in [2.75, 3.05) is 0 Å². The van der Waals surface area contributed by atoms with Gasteiger partial charge in [0.1, 0.15) is 12.1 Å². The summed E-state index contributed by atoms with van der Waals surface area (Å²) in [5.74, 6) is -2.53. The molecular formula is C10H6N2O7. The molecule has 1 aromatic carbocycles. The maximum absolute atomic E-state index is 11.9. The first-order valence-electron chi connectivity index (χ1n) is 4.94. The number of hydrogen-bond acceptors (Lipinski definition) is 6. The van der Waals surface area contributed by atoms with E-state index in [1.165, 1.54) is 0 Å². The third kappa shape index (κ3) is 2.20. The smallest absolute Gasteiger partial charge is 0.422 e. The number of fused-ring (bicyclic) bond motifs is 1. The van der Waals surface area contributed by atoms with E-state index in [9.17, 15) is 24.5 Å². The summed E-state index contributed by atoms with van der Waals surface area (Å²) in [7, 11) is 0. The number of benzene rings is 1. The van der Waals surface area contributed by atoms with Gasteiger partial charge in [-0.3, -0.25) is 19.7 Å². The monoisotopic (exact) mass is 266 g/mol. The molecule has 0 saturated carbocycles. The maximum atomic E-state index is 11.9. The molecule has 19 heavy (non-hydrogen) atoms. The number of non-ortho nitro benzene ring substituents is 1. The molecule has 1 N–H and O–H groups in total. The Morgan fingerprint density at radius 1 is 1.42 bits per heavy atom. The van der Waals surface area contributed by atoms with E-state index < -0.39 is 28.8 Å². The van der Waals surface area contributed by atoms with Crippen molar-refractivity contribution < 1.29 is 19.2 Å². The zero-order valence-corrected chi connectivity index (χ0v) is 9.23. The molecule has 0 aliphatic carbocycles. The largest absolute Gasteiger partial charge is 0.480 e. The fourth-order valence-corrected chi connectivity index (χ4v) is 1.54. The van der Waals surface area contributed by atoms with E-state index in [0.29, 0.717) is 4.57 Å². The maximum Gasteiger partial charge on any atom is 0.422 e. The molecule has 0 atom stereocenters. The summed E-state index contributed by atoms with van der Waals surface area (Å²) < 4.78 is 5.09. The standard InChI is InChI=1S/C10H6N2O7/c13-8(14)4-11-9(15)6-3-5(12(17)18)1-2-7(6)19-10(11)16/h1-3H,4H2,(H,13,14). The molecule has 0 bridgehead atoms. The quantitative estimate of drug-likeness (QED) is 0.608. The summed E-state index contributed by atoms with van der Waals surface area (Å²) in [6, 6.07) is 3.12. The highest BCUT2D eigenvalue weighted by atomic mass is 16.6. The highest BCUT2D eigenvalue weighted by Crippen LogP contribution is 2.16. The van der Waals surface area contributed by atoms with E-state index in [4.69, 9.17) is 9.52 Å². The number of carboxylic acids is 1. The minimum absolute atomic E-state index is 0.137. The Morgan fingerprint density at radius 3 is 2.68 bits per heavy atom. The van der Waals surface area contributed by atoms with E-state index in [0.717, 1.165) is 18.2 Å². The summed E-state index contributed by atoms with van der Waals surface area (Å²) in [5, 5.41) is 19.0. The van der Waals surface area contributed by atoms with Gasteiger partial charge < -0.3 is 9.52 Å². The summed E-state index contributed by atoms with van der Waals surface area (Å²) >= 11 is 0. The summed E-state index contributed by atoms with van der Waals surface area (Å²) in [6.45, 7) is -0.875. The minimum atomic E-state index is -1.40.